The molecule has 0 bridgehead atoms. The van der Waals surface area contributed by atoms with Crippen molar-refractivity contribution in [3.05, 3.63) is 16.1 Å². The molecule has 2 rings (SSSR count). The van der Waals surface area contributed by atoms with Crippen LogP contribution in [0.15, 0.2) is 6.20 Å². The van der Waals surface area contributed by atoms with E-state index in [-0.39, 0.29) is 5.60 Å². The van der Waals surface area contributed by atoms with Gasteiger partial charge in [-0.25, -0.2) is 4.98 Å². The molecule has 1 aromatic heterocycles. The minimum absolute atomic E-state index is 0.0690. The summed E-state index contributed by atoms with van der Waals surface area (Å²) in [7, 11) is 0. The van der Waals surface area contributed by atoms with E-state index in [1.165, 1.54) is 4.88 Å². The highest BCUT2D eigenvalue weighted by atomic mass is 32.1. The largest absolute Gasteiger partial charge is 0.375 e. The zero-order valence-corrected chi connectivity index (χ0v) is 11.8. The van der Waals surface area contributed by atoms with E-state index in [1.807, 2.05) is 6.20 Å². The Kier molecular flexibility index (Phi) is 4.17. The van der Waals surface area contributed by atoms with Crippen molar-refractivity contribution in [2.45, 2.75) is 58.2 Å². The van der Waals surface area contributed by atoms with Gasteiger partial charge in [-0.2, -0.15) is 0 Å². The number of aryl methyl sites for hydroxylation is 1. The van der Waals surface area contributed by atoms with Gasteiger partial charge in [-0.05, 0) is 33.1 Å². The Morgan fingerprint density at radius 2 is 2.47 bits per heavy atom. The highest BCUT2D eigenvalue weighted by Crippen LogP contribution is 2.28. The summed E-state index contributed by atoms with van der Waals surface area (Å²) in [5.41, 5.74) is 0.0690. The molecule has 1 saturated heterocycles. The Labute approximate surface area is 108 Å². The normalized spacial score (nSPS) is 29.5. The predicted molar refractivity (Wildman–Crippen MR) is 71.4 cm³/mol. The molecule has 0 amide bonds. The van der Waals surface area contributed by atoms with Gasteiger partial charge in [0.15, 0.2) is 0 Å². The first-order valence-corrected chi connectivity index (χ1v) is 7.21. The van der Waals surface area contributed by atoms with Gasteiger partial charge in [-0.15, -0.1) is 11.3 Å². The van der Waals surface area contributed by atoms with Gasteiger partial charge >= 0.3 is 0 Å². The molecule has 1 aromatic rings. The number of nitrogens with one attached hydrogen (secondary N) is 1. The second-order valence-electron chi connectivity index (χ2n) is 5.07. The van der Waals surface area contributed by atoms with E-state index in [0.717, 1.165) is 37.4 Å². The summed E-state index contributed by atoms with van der Waals surface area (Å²) in [6.07, 6.45) is 5.30. The van der Waals surface area contributed by atoms with Crippen LogP contribution in [0.1, 0.15) is 43.0 Å². The van der Waals surface area contributed by atoms with Crippen LogP contribution in [0, 0.1) is 6.92 Å². The van der Waals surface area contributed by atoms with Crippen molar-refractivity contribution in [1.29, 1.82) is 0 Å². The fraction of sp³-hybridized carbons (Fsp3) is 0.769. The zero-order chi connectivity index (χ0) is 12.3. The van der Waals surface area contributed by atoms with E-state index >= 15 is 0 Å². The summed E-state index contributed by atoms with van der Waals surface area (Å²) in [4.78, 5) is 5.61. The zero-order valence-electron chi connectivity index (χ0n) is 11.0. The third-order valence-corrected chi connectivity index (χ3v) is 4.49. The second kappa shape index (κ2) is 5.46. The molecule has 1 aliphatic heterocycles. The molecule has 2 atom stereocenters. The molecule has 2 unspecified atom stereocenters. The number of thiazole rings is 1. The van der Waals surface area contributed by atoms with Gasteiger partial charge in [0.2, 0.25) is 0 Å². The summed E-state index contributed by atoms with van der Waals surface area (Å²) in [5, 5.41) is 4.78. The number of hydrogen-bond donors (Lipinski definition) is 1. The van der Waals surface area contributed by atoms with Crippen LogP contribution in [-0.4, -0.2) is 23.2 Å². The molecule has 2 heterocycles. The van der Waals surface area contributed by atoms with Gasteiger partial charge in [-0.3, -0.25) is 0 Å². The van der Waals surface area contributed by atoms with E-state index in [4.69, 9.17) is 4.74 Å². The SMILES string of the molecule is CCC1(C)CC(NCc2cnc(C)s2)CCO1. The third-order valence-electron chi connectivity index (χ3n) is 3.58. The quantitative estimate of drug-likeness (QED) is 0.897. The Hall–Kier alpha value is -0.450. The summed E-state index contributed by atoms with van der Waals surface area (Å²) in [6.45, 7) is 8.29. The molecular weight excluding hydrogens is 232 g/mol. The fourth-order valence-electron chi connectivity index (χ4n) is 2.28. The molecule has 0 aromatic carbocycles. The number of ether oxygens (including phenoxy) is 1. The maximum atomic E-state index is 5.85. The molecule has 0 saturated carbocycles. The molecule has 96 valence electrons. The van der Waals surface area contributed by atoms with Crippen molar-refractivity contribution in [3.8, 4) is 0 Å². The van der Waals surface area contributed by atoms with Crippen LogP contribution < -0.4 is 5.32 Å². The first-order valence-electron chi connectivity index (χ1n) is 6.40. The molecular formula is C13H22N2OS. The van der Waals surface area contributed by atoms with Gasteiger partial charge in [0.1, 0.15) is 0 Å². The predicted octanol–water partition coefficient (Wildman–Crippen LogP) is 2.89. The van der Waals surface area contributed by atoms with E-state index in [9.17, 15) is 0 Å². The summed E-state index contributed by atoms with van der Waals surface area (Å²) >= 11 is 1.78. The minimum atomic E-state index is 0.0690. The molecule has 3 nitrogen and oxygen atoms in total. The van der Waals surface area contributed by atoms with Crippen LogP contribution in [0.2, 0.25) is 0 Å². The molecule has 17 heavy (non-hydrogen) atoms. The van der Waals surface area contributed by atoms with Gasteiger partial charge in [0.25, 0.3) is 0 Å². The van der Waals surface area contributed by atoms with Crippen molar-refractivity contribution in [1.82, 2.24) is 10.3 Å². The molecule has 4 heteroatoms. The van der Waals surface area contributed by atoms with Crippen LogP contribution >= 0.6 is 11.3 Å². The van der Waals surface area contributed by atoms with Crippen molar-refractivity contribution >= 4 is 11.3 Å². The molecule has 1 N–H and O–H groups in total. The van der Waals surface area contributed by atoms with Gasteiger partial charge in [0, 0.05) is 30.3 Å². The minimum Gasteiger partial charge on any atom is -0.375 e. The number of rotatable bonds is 4. The number of aromatic nitrogens is 1. The van der Waals surface area contributed by atoms with Crippen molar-refractivity contribution in [2.75, 3.05) is 6.61 Å². The first-order chi connectivity index (χ1) is 8.11. The molecule has 1 aliphatic rings. The van der Waals surface area contributed by atoms with Crippen LogP contribution in [0.25, 0.3) is 0 Å². The monoisotopic (exact) mass is 254 g/mol. The second-order valence-corrected chi connectivity index (χ2v) is 6.39. The van der Waals surface area contributed by atoms with E-state index < -0.39 is 0 Å². The van der Waals surface area contributed by atoms with Gasteiger partial charge in [0.05, 0.1) is 10.6 Å². The van der Waals surface area contributed by atoms with Crippen molar-refractivity contribution in [2.24, 2.45) is 0 Å². The molecule has 1 fully saturated rings. The lowest BCUT2D eigenvalue weighted by Crippen LogP contribution is -2.44. The Morgan fingerprint density at radius 3 is 3.12 bits per heavy atom. The maximum Gasteiger partial charge on any atom is 0.0897 e. The standard InChI is InChI=1S/C13H22N2OS/c1-4-13(3)7-11(5-6-16-13)15-9-12-8-14-10(2)17-12/h8,11,15H,4-7,9H2,1-3H3. The molecule has 0 aliphatic carbocycles. The number of nitrogens with zero attached hydrogens (tertiary/aromatic N) is 1. The average molecular weight is 254 g/mol. The highest BCUT2D eigenvalue weighted by molar-refractivity contribution is 7.11. The molecule has 0 spiro atoms. The van der Waals surface area contributed by atoms with Crippen molar-refractivity contribution < 1.29 is 4.74 Å². The topological polar surface area (TPSA) is 34.2 Å². The lowest BCUT2D eigenvalue weighted by atomic mass is 9.90. The van der Waals surface area contributed by atoms with Crippen LogP contribution in [0.5, 0.6) is 0 Å². The van der Waals surface area contributed by atoms with Gasteiger partial charge < -0.3 is 10.1 Å². The number of hydrogen-bond acceptors (Lipinski definition) is 4. The Balaban J connectivity index is 1.83. The van der Waals surface area contributed by atoms with Crippen LogP contribution in [-0.2, 0) is 11.3 Å². The summed E-state index contributed by atoms with van der Waals surface area (Å²) in [6, 6.07) is 0.580. The van der Waals surface area contributed by atoms with E-state index in [0.29, 0.717) is 6.04 Å². The molecule has 0 radical (unpaired) electrons. The van der Waals surface area contributed by atoms with Crippen LogP contribution in [0.3, 0.4) is 0 Å². The average Bonchev–Trinajstić information content (AvgIpc) is 2.73. The fourth-order valence-corrected chi connectivity index (χ4v) is 3.03. The summed E-state index contributed by atoms with van der Waals surface area (Å²) in [5.74, 6) is 0. The van der Waals surface area contributed by atoms with Gasteiger partial charge in [-0.1, -0.05) is 6.92 Å². The maximum absolute atomic E-state index is 5.85. The summed E-state index contributed by atoms with van der Waals surface area (Å²) < 4.78 is 5.85. The third kappa shape index (κ3) is 3.50. The van der Waals surface area contributed by atoms with Crippen LogP contribution in [0.4, 0.5) is 0 Å². The van der Waals surface area contributed by atoms with E-state index in [1.54, 1.807) is 11.3 Å². The first kappa shape index (κ1) is 13.0. The highest BCUT2D eigenvalue weighted by Gasteiger charge is 2.31. The van der Waals surface area contributed by atoms with Crippen molar-refractivity contribution in [3.63, 3.8) is 0 Å². The lowest BCUT2D eigenvalue weighted by molar-refractivity contribution is -0.0781. The lowest BCUT2D eigenvalue weighted by Gasteiger charge is -2.38. The Morgan fingerprint density at radius 1 is 1.65 bits per heavy atom. The smallest absolute Gasteiger partial charge is 0.0897 e. The van der Waals surface area contributed by atoms with E-state index in [2.05, 4.69) is 31.1 Å². The Bertz CT molecular complexity index is 366.